The molecule has 1 amide bonds. The van der Waals surface area contributed by atoms with Crippen molar-refractivity contribution in [2.24, 2.45) is 0 Å². The van der Waals surface area contributed by atoms with Gasteiger partial charge in [-0.3, -0.25) is 4.79 Å². The van der Waals surface area contributed by atoms with Crippen LogP contribution in [0.15, 0.2) is 47.4 Å². The van der Waals surface area contributed by atoms with Gasteiger partial charge in [-0.05, 0) is 55.3 Å². The fraction of sp³-hybridized carbons (Fsp3) is 0.350. The van der Waals surface area contributed by atoms with E-state index >= 15 is 0 Å². The van der Waals surface area contributed by atoms with Gasteiger partial charge in [0.05, 0.1) is 6.54 Å². The number of rotatable bonds is 7. The van der Waals surface area contributed by atoms with Crippen LogP contribution in [0.5, 0.6) is 5.75 Å². The van der Waals surface area contributed by atoms with Gasteiger partial charge in [-0.1, -0.05) is 6.42 Å². The van der Waals surface area contributed by atoms with E-state index in [2.05, 4.69) is 5.32 Å². The fourth-order valence-corrected chi connectivity index (χ4v) is 4.66. The summed E-state index contributed by atoms with van der Waals surface area (Å²) < 4.78 is 59.2. The Morgan fingerprint density at radius 1 is 1.03 bits per heavy atom. The van der Waals surface area contributed by atoms with Crippen LogP contribution in [0.4, 0.5) is 8.78 Å². The smallest absolute Gasteiger partial charge is 0.251 e. The predicted molar refractivity (Wildman–Crippen MR) is 103 cm³/mol. The molecule has 1 heterocycles. The predicted octanol–water partition coefficient (Wildman–Crippen LogP) is 2.95. The number of nitrogens with one attached hydrogen (secondary N) is 1. The zero-order valence-corrected chi connectivity index (χ0v) is 16.6. The SMILES string of the molecule is O=C(NCCOc1ccc(F)cc1)c1ccc(F)c(S(=O)(=O)N2CCCCC2)c1. The van der Waals surface area contributed by atoms with Crippen molar-refractivity contribution in [3.63, 3.8) is 0 Å². The van der Waals surface area contributed by atoms with E-state index in [0.29, 0.717) is 18.8 Å². The molecule has 1 saturated heterocycles. The Kier molecular flexibility index (Phi) is 6.81. The largest absolute Gasteiger partial charge is 0.492 e. The van der Waals surface area contributed by atoms with E-state index in [1.54, 1.807) is 0 Å². The molecule has 0 saturated carbocycles. The Labute approximate surface area is 168 Å². The molecule has 1 aliphatic heterocycles. The summed E-state index contributed by atoms with van der Waals surface area (Å²) in [4.78, 5) is 11.8. The van der Waals surface area contributed by atoms with Crippen molar-refractivity contribution in [1.29, 1.82) is 0 Å². The number of nitrogens with zero attached hydrogens (tertiary/aromatic N) is 1. The standard InChI is InChI=1S/C20H22F2N2O4S/c21-16-5-7-17(8-6-16)28-13-10-23-20(25)15-4-9-18(22)19(14-15)29(26,27)24-11-2-1-3-12-24/h4-9,14H,1-3,10-13H2,(H,23,25). The number of carbonyl (C=O) groups is 1. The van der Waals surface area contributed by atoms with Crippen molar-refractivity contribution in [1.82, 2.24) is 9.62 Å². The van der Waals surface area contributed by atoms with Crippen LogP contribution < -0.4 is 10.1 Å². The Morgan fingerprint density at radius 3 is 2.41 bits per heavy atom. The van der Waals surface area contributed by atoms with Crippen molar-refractivity contribution < 1.29 is 26.7 Å². The maximum absolute atomic E-state index is 14.2. The summed E-state index contributed by atoms with van der Waals surface area (Å²) in [6.45, 7) is 0.969. The zero-order chi connectivity index (χ0) is 20.9. The molecule has 0 bridgehead atoms. The Morgan fingerprint density at radius 2 is 1.72 bits per heavy atom. The van der Waals surface area contributed by atoms with Gasteiger partial charge in [0.1, 0.15) is 28.9 Å². The highest BCUT2D eigenvalue weighted by atomic mass is 32.2. The average molecular weight is 424 g/mol. The lowest BCUT2D eigenvalue weighted by Crippen LogP contribution is -2.36. The highest BCUT2D eigenvalue weighted by Gasteiger charge is 2.29. The van der Waals surface area contributed by atoms with Gasteiger partial charge in [0.25, 0.3) is 5.91 Å². The second-order valence-corrected chi connectivity index (χ2v) is 8.57. The third kappa shape index (κ3) is 5.30. The van der Waals surface area contributed by atoms with Gasteiger partial charge >= 0.3 is 0 Å². The normalized spacial score (nSPS) is 15.1. The van der Waals surface area contributed by atoms with Crippen LogP contribution in [0.1, 0.15) is 29.6 Å². The molecule has 29 heavy (non-hydrogen) atoms. The first-order valence-electron chi connectivity index (χ1n) is 9.34. The van der Waals surface area contributed by atoms with Gasteiger partial charge in [0.15, 0.2) is 0 Å². The van der Waals surface area contributed by atoms with Gasteiger partial charge < -0.3 is 10.1 Å². The molecule has 0 aliphatic carbocycles. The molecule has 0 atom stereocenters. The maximum Gasteiger partial charge on any atom is 0.251 e. The first-order chi connectivity index (χ1) is 13.9. The van der Waals surface area contributed by atoms with E-state index in [1.807, 2.05) is 0 Å². The Hall–Kier alpha value is -2.52. The number of benzene rings is 2. The Balaban J connectivity index is 1.62. The average Bonchev–Trinajstić information content (AvgIpc) is 2.73. The highest BCUT2D eigenvalue weighted by molar-refractivity contribution is 7.89. The molecule has 156 valence electrons. The molecule has 6 nitrogen and oxygen atoms in total. The van der Waals surface area contributed by atoms with Crippen LogP contribution in [0.3, 0.4) is 0 Å². The minimum Gasteiger partial charge on any atom is -0.492 e. The van der Waals surface area contributed by atoms with E-state index in [4.69, 9.17) is 4.74 Å². The first-order valence-corrected chi connectivity index (χ1v) is 10.8. The summed E-state index contributed by atoms with van der Waals surface area (Å²) in [7, 11) is -3.99. The Bertz CT molecular complexity index is 959. The van der Waals surface area contributed by atoms with Gasteiger partial charge in [-0.2, -0.15) is 4.31 Å². The first kappa shape index (κ1) is 21.2. The number of hydrogen-bond acceptors (Lipinski definition) is 4. The number of ether oxygens (including phenoxy) is 1. The lowest BCUT2D eigenvalue weighted by atomic mass is 10.2. The zero-order valence-electron chi connectivity index (χ0n) is 15.7. The van der Waals surface area contributed by atoms with E-state index in [0.717, 1.165) is 31.4 Å². The summed E-state index contributed by atoms with van der Waals surface area (Å²) in [6.07, 6.45) is 2.40. The van der Waals surface area contributed by atoms with E-state index in [1.165, 1.54) is 34.6 Å². The molecule has 2 aromatic rings. The van der Waals surface area contributed by atoms with Crippen LogP contribution in [-0.2, 0) is 10.0 Å². The fourth-order valence-electron chi connectivity index (χ4n) is 3.05. The number of carbonyl (C=O) groups excluding carboxylic acids is 1. The number of sulfonamides is 1. The quantitative estimate of drug-likeness (QED) is 0.694. The second-order valence-electron chi connectivity index (χ2n) is 6.67. The van der Waals surface area contributed by atoms with Crippen molar-refractivity contribution in [2.45, 2.75) is 24.2 Å². The van der Waals surface area contributed by atoms with Gasteiger partial charge in [-0.15, -0.1) is 0 Å². The van der Waals surface area contributed by atoms with Crippen molar-refractivity contribution >= 4 is 15.9 Å². The molecule has 1 N–H and O–H groups in total. The van der Waals surface area contributed by atoms with Crippen LogP contribution in [0.2, 0.25) is 0 Å². The third-order valence-corrected chi connectivity index (χ3v) is 6.51. The van der Waals surface area contributed by atoms with Gasteiger partial charge in [0, 0.05) is 18.7 Å². The van der Waals surface area contributed by atoms with Crippen LogP contribution in [-0.4, -0.2) is 44.9 Å². The van der Waals surface area contributed by atoms with Crippen LogP contribution in [0, 0.1) is 11.6 Å². The number of piperidine rings is 1. The molecule has 0 unspecified atom stereocenters. The number of hydrogen-bond donors (Lipinski definition) is 1. The summed E-state index contributed by atoms with van der Waals surface area (Å²) in [5.41, 5.74) is 0.0452. The summed E-state index contributed by atoms with van der Waals surface area (Å²) in [5, 5.41) is 2.59. The lowest BCUT2D eigenvalue weighted by molar-refractivity contribution is 0.0946. The number of halogens is 2. The van der Waals surface area contributed by atoms with Crippen molar-refractivity contribution in [3.8, 4) is 5.75 Å². The lowest BCUT2D eigenvalue weighted by Gasteiger charge is -2.26. The number of amides is 1. The van der Waals surface area contributed by atoms with E-state index in [-0.39, 0.29) is 24.5 Å². The monoisotopic (exact) mass is 424 g/mol. The molecule has 9 heteroatoms. The van der Waals surface area contributed by atoms with E-state index < -0.39 is 26.6 Å². The maximum atomic E-state index is 14.2. The van der Waals surface area contributed by atoms with Gasteiger partial charge in [-0.25, -0.2) is 17.2 Å². The second kappa shape index (κ2) is 9.32. The molecular formula is C20H22F2N2O4S. The highest BCUT2D eigenvalue weighted by Crippen LogP contribution is 2.24. The van der Waals surface area contributed by atoms with Crippen molar-refractivity contribution in [3.05, 3.63) is 59.7 Å². The minimum atomic E-state index is -3.99. The van der Waals surface area contributed by atoms with Crippen LogP contribution >= 0.6 is 0 Å². The molecule has 1 fully saturated rings. The summed E-state index contributed by atoms with van der Waals surface area (Å²) in [5.74, 6) is -1.34. The molecular weight excluding hydrogens is 402 g/mol. The van der Waals surface area contributed by atoms with Crippen molar-refractivity contribution in [2.75, 3.05) is 26.2 Å². The molecule has 0 aromatic heterocycles. The topological polar surface area (TPSA) is 75.7 Å². The van der Waals surface area contributed by atoms with Gasteiger partial charge in [0.2, 0.25) is 10.0 Å². The molecule has 1 aliphatic rings. The molecule has 0 spiro atoms. The molecule has 2 aromatic carbocycles. The molecule has 3 rings (SSSR count). The molecule has 0 radical (unpaired) electrons. The summed E-state index contributed by atoms with van der Waals surface area (Å²) in [6, 6.07) is 8.74. The third-order valence-electron chi connectivity index (χ3n) is 4.60. The summed E-state index contributed by atoms with van der Waals surface area (Å²) >= 11 is 0. The van der Waals surface area contributed by atoms with Crippen LogP contribution in [0.25, 0.3) is 0 Å². The van der Waals surface area contributed by atoms with E-state index in [9.17, 15) is 22.0 Å². The minimum absolute atomic E-state index is 0.0452.